The summed E-state index contributed by atoms with van der Waals surface area (Å²) < 4.78 is 16.4. The van der Waals surface area contributed by atoms with E-state index in [1.807, 2.05) is 6.92 Å². The highest BCUT2D eigenvalue weighted by Gasteiger charge is 2.30. The zero-order valence-electron chi connectivity index (χ0n) is 29.9. The van der Waals surface area contributed by atoms with Crippen molar-refractivity contribution in [2.75, 3.05) is 6.54 Å². The van der Waals surface area contributed by atoms with Gasteiger partial charge in [-0.15, -0.1) is 0 Å². The van der Waals surface area contributed by atoms with E-state index in [0.29, 0.717) is 39.0 Å². The van der Waals surface area contributed by atoms with Crippen molar-refractivity contribution >= 4 is 53.0 Å². The number of rotatable bonds is 19. The Balaban J connectivity index is 1.81. The van der Waals surface area contributed by atoms with Crippen LogP contribution in [0, 0.1) is 0 Å². The average Bonchev–Trinajstić information content (AvgIpc) is 3.08. The first-order valence-corrected chi connectivity index (χ1v) is 17.7. The largest absolute Gasteiger partial charge is 0.489 e. The number of halogens is 2. The van der Waals surface area contributed by atoms with Gasteiger partial charge in [0, 0.05) is 35.0 Å². The molecule has 3 aromatic carbocycles. The number of aliphatic carboxylic acids is 2. The van der Waals surface area contributed by atoms with Gasteiger partial charge in [0.25, 0.3) is 6.10 Å². The van der Waals surface area contributed by atoms with Gasteiger partial charge in [-0.05, 0) is 74.7 Å². The van der Waals surface area contributed by atoms with Crippen LogP contribution in [0.3, 0.4) is 0 Å². The van der Waals surface area contributed by atoms with Crippen molar-refractivity contribution in [3.05, 3.63) is 93.5 Å². The second-order valence-electron chi connectivity index (χ2n) is 13.1. The molecule has 0 fully saturated rings. The van der Waals surface area contributed by atoms with E-state index in [1.54, 1.807) is 63.2 Å². The third kappa shape index (κ3) is 14.5. The van der Waals surface area contributed by atoms with E-state index in [1.165, 1.54) is 24.3 Å². The van der Waals surface area contributed by atoms with Crippen LogP contribution in [-0.2, 0) is 43.4 Å². The summed E-state index contributed by atoms with van der Waals surface area (Å²) in [4.78, 5) is 62.7. The monoisotopic (exact) mass is 773 g/mol. The fourth-order valence-corrected chi connectivity index (χ4v) is 5.42. The molecule has 0 aliphatic rings. The van der Waals surface area contributed by atoms with Gasteiger partial charge in [-0.2, -0.15) is 0 Å². The van der Waals surface area contributed by atoms with E-state index in [4.69, 9.17) is 47.6 Å². The SMILES string of the molecule is CCCCCNC(=O)[C@H](Cc1ccc(OC(C(=O)O)C(=O)O)cc1)NC(=O)C(Cc1ccc(OCc2c(Cl)cccc2Cl)cc1)NC(=O)OC(C)(C)C. The summed E-state index contributed by atoms with van der Waals surface area (Å²) in [5, 5.41) is 27.5. The Morgan fingerprint density at radius 3 is 1.77 bits per heavy atom. The fraction of sp³-hybridized carbons (Fsp3) is 0.395. The minimum absolute atomic E-state index is 0.00750. The van der Waals surface area contributed by atoms with Gasteiger partial charge in [-0.25, -0.2) is 14.4 Å². The summed E-state index contributed by atoms with van der Waals surface area (Å²) in [5.41, 5.74) is 1.01. The number of hydrogen-bond acceptors (Lipinski definition) is 8. The Hall–Kier alpha value is -5.01. The summed E-state index contributed by atoms with van der Waals surface area (Å²) in [7, 11) is 0. The number of ether oxygens (including phenoxy) is 3. The fourth-order valence-electron chi connectivity index (χ4n) is 4.92. The van der Waals surface area contributed by atoms with E-state index >= 15 is 0 Å². The van der Waals surface area contributed by atoms with Crippen molar-refractivity contribution in [3.8, 4) is 11.5 Å². The molecule has 0 radical (unpaired) electrons. The van der Waals surface area contributed by atoms with Crippen LogP contribution in [0.25, 0.3) is 0 Å². The lowest BCUT2D eigenvalue weighted by atomic mass is 10.0. The Morgan fingerprint density at radius 1 is 0.736 bits per heavy atom. The summed E-state index contributed by atoms with van der Waals surface area (Å²) in [6.45, 7) is 7.61. The van der Waals surface area contributed by atoms with Gasteiger partial charge < -0.3 is 40.4 Å². The molecular weight excluding hydrogens is 729 g/mol. The molecule has 3 aromatic rings. The molecule has 0 aromatic heterocycles. The van der Waals surface area contributed by atoms with Gasteiger partial charge in [-0.3, -0.25) is 9.59 Å². The molecule has 0 heterocycles. The minimum atomic E-state index is -2.10. The lowest BCUT2D eigenvalue weighted by molar-refractivity contribution is -0.159. The van der Waals surface area contributed by atoms with E-state index < -0.39 is 53.6 Å². The maximum atomic E-state index is 13.9. The highest BCUT2D eigenvalue weighted by Crippen LogP contribution is 2.26. The molecular formula is C38H45Cl2N3O10. The van der Waals surface area contributed by atoms with Crippen LogP contribution in [0.15, 0.2) is 66.7 Å². The Kier molecular flexibility index (Phi) is 16.2. The Labute approximate surface area is 318 Å². The summed E-state index contributed by atoms with van der Waals surface area (Å²) in [6.07, 6.45) is -0.321. The summed E-state index contributed by atoms with van der Waals surface area (Å²) in [5.74, 6) is -3.93. The number of carbonyl (C=O) groups is 5. The summed E-state index contributed by atoms with van der Waals surface area (Å²) in [6, 6.07) is 15.6. The van der Waals surface area contributed by atoms with Crippen molar-refractivity contribution in [2.45, 2.75) is 90.2 Å². The standard InChI is InChI=1S/C38H45Cl2N3O10/c1-5-6-7-19-41-33(44)30(20-24-13-17-26(18-14-24)52-32(35(46)47)36(48)49)42-34(45)31(43-37(50)53-38(2,3)4)21-23-11-15-25(16-12-23)51-22-27-28(39)9-8-10-29(27)40/h8-18,30-32H,5-7,19-22H2,1-4H3,(H,41,44)(H,42,45)(H,43,50)(H,46,47)(H,48,49)/t30-,31?/m0/s1. The molecule has 286 valence electrons. The minimum Gasteiger partial charge on any atom is -0.489 e. The number of carbonyl (C=O) groups excluding carboxylic acids is 3. The Morgan fingerprint density at radius 2 is 1.26 bits per heavy atom. The molecule has 53 heavy (non-hydrogen) atoms. The topological polar surface area (TPSA) is 190 Å². The average molecular weight is 775 g/mol. The lowest BCUT2D eigenvalue weighted by Gasteiger charge is -2.25. The molecule has 1 unspecified atom stereocenters. The van der Waals surface area contributed by atoms with Crippen LogP contribution in [-0.4, -0.2) is 70.4 Å². The molecule has 0 aliphatic carbocycles. The Bertz CT molecular complexity index is 1680. The van der Waals surface area contributed by atoms with Crippen LogP contribution >= 0.6 is 23.2 Å². The molecule has 2 atom stereocenters. The van der Waals surface area contributed by atoms with Crippen molar-refractivity contribution in [1.82, 2.24) is 16.0 Å². The van der Waals surface area contributed by atoms with Gasteiger partial charge >= 0.3 is 18.0 Å². The number of benzene rings is 3. The molecule has 5 N–H and O–H groups in total. The van der Waals surface area contributed by atoms with Crippen LogP contribution < -0.4 is 25.4 Å². The van der Waals surface area contributed by atoms with E-state index in [2.05, 4.69) is 16.0 Å². The van der Waals surface area contributed by atoms with Gasteiger partial charge in [-0.1, -0.05) is 73.3 Å². The van der Waals surface area contributed by atoms with E-state index in [9.17, 15) is 24.0 Å². The number of unbranched alkanes of at least 4 members (excludes halogenated alkanes) is 2. The lowest BCUT2D eigenvalue weighted by Crippen LogP contribution is -2.55. The third-order valence-corrected chi connectivity index (χ3v) is 8.30. The smallest absolute Gasteiger partial charge is 0.408 e. The number of amides is 3. The normalized spacial score (nSPS) is 12.3. The number of carboxylic acid groups (broad SMARTS) is 2. The maximum Gasteiger partial charge on any atom is 0.408 e. The quantitative estimate of drug-likeness (QED) is 0.0718. The van der Waals surface area contributed by atoms with Crippen molar-refractivity contribution < 1.29 is 48.4 Å². The molecule has 13 nitrogen and oxygen atoms in total. The van der Waals surface area contributed by atoms with Gasteiger partial charge in [0.15, 0.2) is 0 Å². The zero-order chi connectivity index (χ0) is 39.1. The molecule has 0 spiro atoms. The molecule has 3 amide bonds. The van der Waals surface area contributed by atoms with Gasteiger partial charge in [0.2, 0.25) is 11.8 Å². The van der Waals surface area contributed by atoms with E-state index in [-0.39, 0.29) is 25.2 Å². The first-order valence-electron chi connectivity index (χ1n) is 17.0. The van der Waals surface area contributed by atoms with Crippen LogP contribution in [0.5, 0.6) is 11.5 Å². The zero-order valence-corrected chi connectivity index (χ0v) is 31.5. The van der Waals surface area contributed by atoms with Crippen LogP contribution in [0.4, 0.5) is 4.79 Å². The van der Waals surface area contributed by atoms with Crippen molar-refractivity contribution in [3.63, 3.8) is 0 Å². The molecule has 0 saturated heterocycles. The predicted octanol–water partition coefficient (Wildman–Crippen LogP) is 5.96. The van der Waals surface area contributed by atoms with Crippen molar-refractivity contribution in [1.29, 1.82) is 0 Å². The van der Waals surface area contributed by atoms with Crippen LogP contribution in [0.1, 0.15) is 63.6 Å². The number of alkyl carbamates (subject to hydrolysis) is 1. The van der Waals surface area contributed by atoms with Gasteiger partial charge in [0.05, 0.1) is 0 Å². The molecule has 3 rings (SSSR count). The number of hydrogen-bond donors (Lipinski definition) is 5. The summed E-state index contributed by atoms with van der Waals surface area (Å²) >= 11 is 12.5. The molecule has 15 heteroatoms. The molecule has 0 saturated carbocycles. The second-order valence-corrected chi connectivity index (χ2v) is 13.9. The number of carboxylic acids is 2. The molecule has 0 bridgehead atoms. The number of nitrogens with one attached hydrogen (secondary N) is 3. The molecule has 0 aliphatic heterocycles. The third-order valence-electron chi connectivity index (χ3n) is 7.59. The van der Waals surface area contributed by atoms with Crippen molar-refractivity contribution in [2.24, 2.45) is 0 Å². The first-order chi connectivity index (χ1) is 25.1. The second kappa shape index (κ2) is 20.3. The van der Waals surface area contributed by atoms with E-state index in [0.717, 1.165) is 19.3 Å². The maximum absolute atomic E-state index is 13.9. The van der Waals surface area contributed by atoms with Crippen LogP contribution in [0.2, 0.25) is 10.0 Å². The predicted molar refractivity (Wildman–Crippen MR) is 198 cm³/mol. The highest BCUT2D eigenvalue weighted by molar-refractivity contribution is 6.35. The highest BCUT2D eigenvalue weighted by atomic mass is 35.5. The first kappa shape index (κ1) is 42.4. The van der Waals surface area contributed by atoms with Gasteiger partial charge in [0.1, 0.15) is 35.8 Å².